The van der Waals surface area contributed by atoms with Crippen LogP contribution in [0.1, 0.15) is 17.5 Å². The summed E-state index contributed by atoms with van der Waals surface area (Å²) in [4.78, 5) is 0. The third kappa shape index (κ3) is 1.75. The van der Waals surface area contributed by atoms with Crippen LogP contribution in [0.15, 0.2) is 12.1 Å². The summed E-state index contributed by atoms with van der Waals surface area (Å²) in [5.41, 5.74) is -0.143. The lowest BCUT2D eigenvalue weighted by Gasteiger charge is -2.24. The molecule has 0 bridgehead atoms. The molecule has 1 unspecified atom stereocenters. The predicted molar refractivity (Wildman–Crippen MR) is 57.5 cm³/mol. The number of aryl methyl sites for hydroxylation is 1. The first-order chi connectivity index (χ1) is 7.04. The highest BCUT2D eigenvalue weighted by molar-refractivity contribution is 6.32. The Kier molecular flexibility index (Phi) is 2.71. The van der Waals surface area contributed by atoms with Gasteiger partial charge >= 0.3 is 0 Å². The van der Waals surface area contributed by atoms with Gasteiger partial charge in [-0.3, -0.25) is 0 Å². The van der Waals surface area contributed by atoms with Gasteiger partial charge in [0.25, 0.3) is 0 Å². The number of β-amino-alcohol motifs (C(OH)–C–C–N with tert-alkyl or cyclic N) is 1. The number of benzene rings is 1. The van der Waals surface area contributed by atoms with Crippen molar-refractivity contribution in [2.24, 2.45) is 0 Å². The van der Waals surface area contributed by atoms with E-state index in [2.05, 4.69) is 5.32 Å². The van der Waals surface area contributed by atoms with E-state index in [9.17, 15) is 9.50 Å². The maximum Gasteiger partial charge on any atom is 0.130 e. The highest BCUT2D eigenvalue weighted by atomic mass is 35.5. The summed E-state index contributed by atoms with van der Waals surface area (Å²) in [7, 11) is 0. The fourth-order valence-corrected chi connectivity index (χ4v) is 2.30. The summed E-state index contributed by atoms with van der Waals surface area (Å²) in [5, 5.41) is 13.6. The van der Waals surface area contributed by atoms with Crippen molar-refractivity contribution in [2.45, 2.75) is 18.9 Å². The molecule has 2 N–H and O–H groups in total. The topological polar surface area (TPSA) is 32.3 Å². The van der Waals surface area contributed by atoms with E-state index >= 15 is 0 Å². The van der Waals surface area contributed by atoms with Crippen LogP contribution in [-0.2, 0) is 5.60 Å². The van der Waals surface area contributed by atoms with Gasteiger partial charge in [0.05, 0.1) is 5.02 Å². The Morgan fingerprint density at radius 2 is 2.27 bits per heavy atom. The number of hydrogen-bond donors (Lipinski definition) is 2. The quantitative estimate of drug-likeness (QED) is 0.772. The van der Waals surface area contributed by atoms with Crippen molar-refractivity contribution in [3.8, 4) is 0 Å². The minimum absolute atomic E-state index is 0.231. The molecular weight excluding hydrogens is 217 g/mol. The van der Waals surface area contributed by atoms with Gasteiger partial charge in [-0.15, -0.1) is 0 Å². The van der Waals surface area contributed by atoms with E-state index in [1.165, 1.54) is 6.07 Å². The molecule has 4 heteroatoms. The zero-order valence-corrected chi connectivity index (χ0v) is 9.24. The Bertz CT molecular complexity index is 388. The molecule has 1 saturated heterocycles. The Hall–Kier alpha value is -0.640. The Balaban J connectivity index is 2.55. The third-order valence-electron chi connectivity index (χ3n) is 2.88. The van der Waals surface area contributed by atoms with Crippen LogP contribution in [0.3, 0.4) is 0 Å². The first kappa shape index (κ1) is 10.9. The largest absolute Gasteiger partial charge is 0.384 e. The normalized spacial score (nSPS) is 25.9. The Morgan fingerprint density at radius 3 is 2.87 bits per heavy atom. The molecule has 1 atom stereocenters. The van der Waals surface area contributed by atoms with Crippen LogP contribution in [0.5, 0.6) is 0 Å². The summed E-state index contributed by atoms with van der Waals surface area (Å²) < 4.78 is 13.7. The average molecular weight is 230 g/mol. The number of hydrogen-bond acceptors (Lipinski definition) is 2. The van der Waals surface area contributed by atoms with E-state index < -0.39 is 11.4 Å². The van der Waals surface area contributed by atoms with Crippen LogP contribution in [0.4, 0.5) is 4.39 Å². The molecule has 0 amide bonds. The maximum atomic E-state index is 13.7. The molecule has 82 valence electrons. The van der Waals surface area contributed by atoms with Crippen molar-refractivity contribution in [3.63, 3.8) is 0 Å². The van der Waals surface area contributed by atoms with Crippen molar-refractivity contribution in [3.05, 3.63) is 34.1 Å². The molecule has 0 spiro atoms. The molecule has 1 aromatic rings. The van der Waals surface area contributed by atoms with Crippen LogP contribution in [0.2, 0.25) is 5.02 Å². The molecule has 1 aromatic carbocycles. The molecular formula is C11H13ClFNO. The van der Waals surface area contributed by atoms with E-state index in [0.717, 1.165) is 5.56 Å². The molecule has 0 aliphatic carbocycles. The minimum Gasteiger partial charge on any atom is -0.384 e. The highest BCUT2D eigenvalue weighted by Crippen LogP contribution is 2.36. The van der Waals surface area contributed by atoms with Crippen LogP contribution in [0, 0.1) is 12.7 Å². The van der Waals surface area contributed by atoms with Gasteiger partial charge in [-0.25, -0.2) is 4.39 Å². The van der Waals surface area contributed by atoms with Gasteiger partial charge in [0.2, 0.25) is 0 Å². The van der Waals surface area contributed by atoms with Crippen molar-refractivity contribution in [2.75, 3.05) is 13.1 Å². The average Bonchev–Trinajstić information content (AvgIpc) is 2.60. The molecule has 0 saturated carbocycles. The van der Waals surface area contributed by atoms with E-state index in [4.69, 9.17) is 11.6 Å². The minimum atomic E-state index is -1.16. The number of nitrogens with one attached hydrogen (secondary N) is 1. The van der Waals surface area contributed by atoms with Crippen molar-refractivity contribution in [1.82, 2.24) is 5.32 Å². The van der Waals surface area contributed by atoms with Gasteiger partial charge in [0.15, 0.2) is 0 Å². The molecule has 0 radical (unpaired) electrons. The van der Waals surface area contributed by atoms with E-state index in [-0.39, 0.29) is 5.56 Å². The summed E-state index contributed by atoms with van der Waals surface area (Å²) in [6.45, 7) is 2.84. The number of aliphatic hydroxyl groups is 1. The lowest BCUT2D eigenvalue weighted by atomic mass is 9.91. The smallest absolute Gasteiger partial charge is 0.130 e. The number of rotatable bonds is 1. The zero-order valence-electron chi connectivity index (χ0n) is 8.48. The van der Waals surface area contributed by atoms with E-state index in [1.807, 2.05) is 0 Å². The second-order valence-electron chi connectivity index (χ2n) is 4.01. The monoisotopic (exact) mass is 229 g/mol. The maximum absolute atomic E-state index is 13.7. The molecule has 1 aliphatic rings. The fourth-order valence-electron chi connectivity index (χ4n) is 1.98. The fraction of sp³-hybridized carbons (Fsp3) is 0.455. The van der Waals surface area contributed by atoms with Gasteiger partial charge in [-0.05, 0) is 31.5 Å². The lowest BCUT2D eigenvalue weighted by molar-refractivity contribution is 0.0550. The second kappa shape index (κ2) is 3.74. The Morgan fingerprint density at radius 1 is 1.53 bits per heavy atom. The van der Waals surface area contributed by atoms with Gasteiger partial charge in [-0.2, -0.15) is 0 Å². The van der Waals surface area contributed by atoms with Crippen molar-refractivity contribution >= 4 is 11.6 Å². The van der Waals surface area contributed by atoms with Gasteiger partial charge in [0.1, 0.15) is 11.4 Å². The van der Waals surface area contributed by atoms with Crippen LogP contribution >= 0.6 is 11.6 Å². The van der Waals surface area contributed by atoms with Crippen molar-refractivity contribution in [1.29, 1.82) is 0 Å². The van der Waals surface area contributed by atoms with Crippen molar-refractivity contribution < 1.29 is 9.50 Å². The van der Waals surface area contributed by atoms with Gasteiger partial charge in [-0.1, -0.05) is 17.7 Å². The molecule has 1 aliphatic heterocycles. The SMILES string of the molecule is Cc1ccc(F)c(C2(O)CCNC2)c1Cl. The lowest BCUT2D eigenvalue weighted by Crippen LogP contribution is -2.30. The predicted octanol–water partition coefficient (Wildman–Crippen LogP) is 1.97. The first-order valence-electron chi connectivity index (χ1n) is 4.93. The molecule has 15 heavy (non-hydrogen) atoms. The van der Waals surface area contributed by atoms with Crippen LogP contribution < -0.4 is 5.32 Å². The summed E-state index contributed by atoms with van der Waals surface area (Å²) in [6, 6.07) is 2.97. The summed E-state index contributed by atoms with van der Waals surface area (Å²) >= 11 is 6.04. The molecule has 1 heterocycles. The second-order valence-corrected chi connectivity index (χ2v) is 4.39. The molecule has 2 nitrogen and oxygen atoms in total. The van der Waals surface area contributed by atoms with E-state index in [0.29, 0.717) is 24.5 Å². The zero-order chi connectivity index (χ0) is 11.1. The van der Waals surface area contributed by atoms with E-state index in [1.54, 1.807) is 13.0 Å². The molecule has 2 rings (SSSR count). The standard InChI is InChI=1S/C11H13ClFNO/c1-7-2-3-8(13)9(10(7)12)11(15)4-5-14-6-11/h2-3,14-15H,4-6H2,1H3. The molecule has 0 aromatic heterocycles. The van der Waals surface area contributed by atoms with Gasteiger partial charge < -0.3 is 10.4 Å². The van der Waals surface area contributed by atoms with Crippen LogP contribution in [-0.4, -0.2) is 18.2 Å². The Labute approximate surface area is 93.1 Å². The first-order valence-corrected chi connectivity index (χ1v) is 5.30. The van der Waals surface area contributed by atoms with Crippen LogP contribution in [0.25, 0.3) is 0 Å². The van der Waals surface area contributed by atoms with Gasteiger partial charge in [0, 0.05) is 12.1 Å². The number of halogens is 2. The summed E-state index contributed by atoms with van der Waals surface area (Å²) in [5.74, 6) is -0.434. The highest BCUT2D eigenvalue weighted by Gasteiger charge is 2.37. The molecule has 1 fully saturated rings. The third-order valence-corrected chi connectivity index (χ3v) is 3.37. The summed E-state index contributed by atoms with van der Waals surface area (Å²) in [6.07, 6.45) is 0.493.